The molecule has 1 aliphatic heterocycles. The highest BCUT2D eigenvalue weighted by atomic mass is 35.5. The lowest BCUT2D eigenvalue weighted by atomic mass is 10.1. The average Bonchev–Trinajstić information content (AvgIpc) is 2.91. The minimum Gasteiger partial charge on any atom is -0.545 e. The molecule has 2 amide bonds. The second-order valence-corrected chi connectivity index (χ2v) is 6.97. The number of para-hydroxylation sites is 1. The summed E-state index contributed by atoms with van der Waals surface area (Å²) in [5.41, 5.74) is 0.171. The predicted octanol–water partition coefficient (Wildman–Crippen LogP) is 2.05. The van der Waals surface area contributed by atoms with Crippen LogP contribution in [0, 0.1) is 0 Å². The van der Waals surface area contributed by atoms with Crippen LogP contribution < -0.4 is 15.3 Å². The van der Waals surface area contributed by atoms with Crippen LogP contribution in [0.25, 0.3) is 0 Å². The Bertz CT molecular complexity index is 1080. The zero-order chi connectivity index (χ0) is 22.0. The number of ether oxygens (including phenoxy) is 1. The molecule has 1 aliphatic rings. The summed E-state index contributed by atoms with van der Waals surface area (Å²) >= 11 is 6.10. The van der Waals surface area contributed by atoms with Gasteiger partial charge in [-0.15, -0.1) is 0 Å². The number of amides is 2. The third-order valence-electron chi connectivity index (χ3n) is 4.12. The molecule has 0 atom stereocenters. The number of nitrogens with one attached hydrogen (secondary N) is 1. The monoisotopic (exact) mass is 427 g/mol. The number of hydrogen-bond donors (Lipinski definition) is 1. The first-order chi connectivity index (χ1) is 14.2. The normalized spacial score (nSPS) is 13.8. The SMILES string of the molecule is CC(C)OC(=O)c1ccccc1N1C(=O)C(Cl)=C(Nc2ccc(C(=O)[O-])cc2)C1=O. The smallest absolute Gasteiger partial charge is 0.340 e. The second kappa shape index (κ2) is 8.38. The van der Waals surface area contributed by atoms with Crippen molar-refractivity contribution in [2.45, 2.75) is 20.0 Å². The first kappa shape index (κ1) is 21.1. The number of hydrogen-bond acceptors (Lipinski definition) is 7. The number of carboxylic acids is 1. The molecule has 154 valence electrons. The Morgan fingerprint density at radius 2 is 1.67 bits per heavy atom. The lowest BCUT2D eigenvalue weighted by Gasteiger charge is -2.19. The molecule has 9 heteroatoms. The third kappa shape index (κ3) is 4.04. The van der Waals surface area contributed by atoms with E-state index in [9.17, 15) is 24.3 Å². The molecule has 0 saturated carbocycles. The number of carbonyl (C=O) groups excluding carboxylic acids is 4. The van der Waals surface area contributed by atoms with Crippen molar-refractivity contribution in [3.05, 3.63) is 70.4 Å². The van der Waals surface area contributed by atoms with Crippen molar-refractivity contribution in [3.8, 4) is 0 Å². The lowest BCUT2D eigenvalue weighted by Crippen LogP contribution is -2.33. The van der Waals surface area contributed by atoms with Gasteiger partial charge in [0.15, 0.2) is 0 Å². The van der Waals surface area contributed by atoms with Gasteiger partial charge >= 0.3 is 5.97 Å². The molecule has 3 rings (SSSR count). The number of rotatable bonds is 6. The van der Waals surface area contributed by atoms with Crippen LogP contribution in [0.1, 0.15) is 34.6 Å². The average molecular weight is 428 g/mol. The molecule has 0 fully saturated rings. The van der Waals surface area contributed by atoms with Gasteiger partial charge in [0.2, 0.25) is 0 Å². The van der Waals surface area contributed by atoms with Crippen molar-refractivity contribution in [1.29, 1.82) is 0 Å². The van der Waals surface area contributed by atoms with Gasteiger partial charge in [0, 0.05) is 5.69 Å². The minimum absolute atomic E-state index is 0.0388. The molecular formula is C21H16ClN2O6-. The van der Waals surface area contributed by atoms with Gasteiger partial charge in [0.25, 0.3) is 11.8 Å². The van der Waals surface area contributed by atoms with E-state index < -0.39 is 29.9 Å². The van der Waals surface area contributed by atoms with Gasteiger partial charge in [-0.3, -0.25) is 9.59 Å². The number of aromatic carboxylic acids is 1. The predicted molar refractivity (Wildman–Crippen MR) is 107 cm³/mol. The summed E-state index contributed by atoms with van der Waals surface area (Å²) in [6.07, 6.45) is -0.390. The van der Waals surface area contributed by atoms with Crippen LogP contribution in [0.4, 0.5) is 11.4 Å². The number of imide groups is 1. The highest BCUT2D eigenvalue weighted by Crippen LogP contribution is 2.32. The summed E-state index contributed by atoms with van der Waals surface area (Å²) in [5, 5.41) is 13.2. The first-order valence-corrected chi connectivity index (χ1v) is 9.25. The molecule has 0 radical (unpaired) electrons. The Hall–Kier alpha value is -3.65. The van der Waals surface area contributed by atoms with E-state index >= 15 is 0 Å². The van der Waals surface area contributed by atoms with E-state index in [0.717, 1.165) is 4.90 Å². The topological polar surface area (TPSA) is 116 Å². The van der Waals surface area contributed by atoms with E-state index in [1.165, 1.54) is 36.4 Å². The van der Waals surface area contributed by atoms with Crippen molar-refractivity contribution in [2.75, 3.05) is 10.2 Å². The summed E-state index contributed by atoms with van der Waals surface area (Å²) < 4.78 is 5.18. The number of carboxylic acid groups (broad SMARTS) is 1. The Morgan fingerprint density at radius 3 is 2.27 bits per heavy atom. The molecule has 1 heterocycles. The lowest BCUT2D eigenvalue weighted by molar-refractivity contribution is -0.255. The largest absolute Gasteiger partial charge is 0.545 e. The van der Waals surface area contributed by atoms with Gasteiger partial charge in [-0.05, 0) is 43.7 Å². The standard InChI is InChI=1S/C21H17ClN2O6/c1-11(2)30-21(29)14-5-3-4-6-15(14)24-18(25)16(22)17(19(24)26)23-13-9-7-12(8-10-13)20(27)28/h3-11,23H,1-2H3,(H,27,28)/p-1. The number of benzene rings is 2. The zero-order valence-electron chi connectivity index (χ0n) is 16.0. The molecule has 2 aromatic carbocycles. The maximum atomic E-state index is 12.9. The van der Waals surface area contributed by atoms with Gasteiger partial charge in [-0.2, -0.15) is 0 Å². The summed E-state index contributed by atoms with van der Waals surface area (Å²) in [7, 11) is 0. The van der Waals surface area contributed by atoms with Crippen molar-refractivity contribution >= 4 is 46.7 Å². The quantitative estimate of drug-likeness (QED) is 0.554. The van der Waals surface area contributed by atoms with E-state index in [1.54, 1.807) is 26.0 Å². The fraction of sp³-hybridized carbons (Fsp3) is 0.143. The van der Waals surface area contributed by atoms with Crippen molar-refractivity contribution in [1.82, 2.24) is 0 Å². The van der Waals surface area contributed by atoms with Gasteiger partial charge in [-0.25, -0.2) is 9.69 Å². The number of carbonyl (C=O) groups is 4. The van der Waals surface area contributed by atoms with Crippen molar-refractivity contribution < 1.29 is 29.0 Å². The molecule has 8 nitrogen and oxygen atoms in total. The highest BCUT2D eigenvalue weighted by Gasteiger charge is 2.40. The van der Waals surface area contributed by atoms with Gasteiger partial charge < -0.3 is 20.0 Å². The van der Waals surface area contributed by atoms with E-state index in [1.807, 2.05) is 0 Å². The summed E-state index contributed by atoms with van der Waals surface area (Å²) in [4.78, 5) is 49.7. The van der Waals surface area contributed by atoms with Crippen LogP contribution >= 0.6 is 11.6 Å². The zero-order valence-corrected chi connectivity index (χ0v) is 16.7. The van der Waals surface area contributed by atoms with Gasteiger partial charge in [0.05, 0.1) is 23.3 Å². The molecule has 30 heavy (non-hydrogen) atoms. The first-order valence-electron chi connectivity index (χ1n) is 8.87. The number of nitrogens with zero attached hydrogens (tertiary/aromatic N) is 1. The fourth-order valence-corrected chi connectivity index (χ4v) is 3.00. The van der Waals surface area contributed by atoms with Gasteiger partial charge in [-0.1, -0.05) is 35.9 Å². The molecule has 0 unspecified atom stereocenters. The fourth-order valence-electron chi connectivity index (χ4n) is 2.78. The molecule has 0 saturated heterocycles. The van der Waals surface area contributed by atoms with E-state index in [0.29, 0.717) is 5.69 Å². The Kier molecular flexibility index (Phi) is 5.89. The summed E-state index contributed by atoms with van der Waals surface area (Å²) in [6.45, 7) is 3.36. The van der Waals surface area contributed by atoms with Crippen LogP contribution in [0.5, 0.6) is 0 Å². The molecule has 0 bridgehead atoms. The van der Waals surface area contributed by atoms with Crippen molar-refractivity contribution in [3.63, 3.8) is 0 Å². The Morgan fingerprint density at radius 1 is 1.03 bits per heavy atom. The molecular weight excluding hydrogens is 412 g/mol. The Balaban J connectivity index is 1.91. The van der Waals surface area contributed by atoms with Crippen LogP contribution in [0.3, 0.4) is 0 Å². The van der Waals surface area contributed by atoms with Crippen LogP contribution in [-0.4, -0.2) is 29.9 Å². The number of halogens is 1. The van der Waals surface area contributed by atoms with Crippen LogP contribution in [0.2, 0.25) is 0 Å². The number of esters is 1. The maximum absolute atomic E-state index is 12.9. The van der Waals surface area contributed by atoms with Crippen LogP contribution in [0.15, 0.2) is 59.3 Å². The second-order valence-electron chi connectivity index (χ2n) is 6.60. The molecule has 0 aromatic heterocycles. The third-order valence-corrected chi connectivity index (χ3v) is 4.48. The molecule has 0 aliphatic carbocycles. The van der Waals surface area contributed by atoms with Crippen molar-refractivity contribution in [2.24, 2.45) is 0 Å². The molecule has 2 aromatic rings. The van der Waals surface area contributed by atoms with E-state index in [-0.39, 0.29) is 27.5 Å². The summed E-state index contributed by atoms with van der Waals surface area (Å²) in [5.74, 6) is -3.60. The summed E-state index contributed by atoms with van der Waals surface area (Å²) in [6, 6.07) is 11.4. The van der Waals surface area contributed by atoms with E-state index in [2.05, 4.69) is 5.32 Å². The maximum Gasteiger partial charge on any atom is 0.340 e. The van der Waals surface area contributed by atoms with E-state index in [4.69, 9.17) is 16.3 Å². The minimum atomic E-state index is -1.35. The van der Waals surface area contributed by atoms with Crippen LogP contribution in [-0.2, 0) is 14.3 Å². The highest BCUT2D eigenvalue weighted by molar-refractivity contribution is 6.53. The molecule has 0 spiro atoms. The molecule has 1 N–H and O–H groups in total. The number of anilines is 2. The van der Waals surface area contributed by atoms with Gasteiger partial charge in [0.1, 0.15) is 10.7 Å². The Labute approximate surface area is 176 Å².